The van der Waals surface area contributed by atoms with Gasteiger partial charge in [0.05, 0.1) is 0 Å². The minimum absolute atomic E-state index is 0.584. The minimum Gasteiger partial charge on any atom is -0.489 e. The van der Waals surface area contributed by atoms with E-state index in [9.17, 15) is 0 Å². The van der Waals surface area contributed by atoms with E-state index in [-0.39, 0.29) is 0 Å². The molecule has 1 N–H and O–H groups in total. The van der Waals surface area contributed by atoms with Gasteiger partial charge < -0.3 is 10.1 Å². The third-order valence-electron chi connectivity index (χ3n) is 3.12. The number of hydrogen-bond acceptors (Lipinski definition) is 2. The van der Waals surface area contributed by atoms with Crippen LogP contribution in [0.1, 0.15) is 25.0 Å². The summed E-state index contributed by atoms with van der Waals surface area (Å²) in [7, 11) is 0. The maximum atomic E-state index is 5.97. The normalized spacial score (nSPS) is 10.9. The van der Waals surface area contributed by atoms with Crippen LogP contribution in [0.15, 0.2) is 53.0 Å². The molecule has 21 heavy (non-hydrogen) atoms. The summed E-state index contributed by atoms with van der Waals surface area (Å²) in [5, 5.41) is 3.46. The van der Waals surface area contributed by atoms with Gasteiger partial charge in [0.15, 0.2) is 0 Å². The first kappa shape index (κ1) is 16.1. The zero-order valence-corrected chi connectivity index (χ0v) is 14.2. The maximum Gasteiger partial charge on any atom is 0.124 e. The third-order valence-corrected chi connectivity index (χ3v) is 3.62. The van der Waals surface area contributed by atoms with Gasteiger partial charge in [-0.25, -0.2) is 0 Å². The molecule has 0 aliphatic heterocycles. The molecule has 0 spiro atoms. The molecule has 0 atom stereocenters. The molecule has 0 heterocycles. The third kappa shape index (κ3) is 5.52. The zero-order valence-electron chi connectivity index (χ0n) is 12.6. The number of rotatable bonds is 7. The van der Waals surface area contributed by atoms with Crippen molar-refractivity contribution in [2.75, 3.05) is 6.54 Å². The molecule has 0 saturated carbocycles. The van der Waals surface area contributed by atoms with Crippen LogP contribution in [0.5, 0.6) is 5.75 Å². The molecule has 2 nitrogen and oxygen atoms in total. The predicted octanol–water partition coefficient (Wildman–Crippen LogP) is 4.77. The molecular formula is C18H22BrNO. The lowest BCUT2D eigenvalue weighted by atomic mass is 10.1. The van der Waals surface area contributed by atoms with Gasteiger partial charge in [0, 0.05) is 16.6 Å². The molecule has 0 amide bonds. The van der Waals surface area contributed by atoms with E-state index in [0.717, 1.165) is 28.9 Å². The molecule has 0 saturated heterocycles. The van der Waals surface area contributed by atoms with Gasteiger partial charge in [-0.05, 0) is 36.2 Å². The van der Waals surface area contributed by atoms with Crippen LogP contribution in [0.2, 0.25) is 0 Å². The monoisotopic (exact) mass is 347 g/mol. The van der Waals surface area contributed by atoms with Gasteiger partial charge in [-0.2, -0.15) is 0 Å². The Morgan fingerprint density at radius 1 is 1.10 bits per heavy atom. The molecule has 0 bridgehead atoms. The maximum absolute atomic E-state index is 5.97. The number of halogens is 1. The molecule has 0 radical (unpaired) electrons. The summed E-state index contributed by atoms with van der Waals surface area (Å²) >= 11 is 3.48. The molecule has 112 valence electrons. The standard InChI is InChI=1S/C18H22BrNO/c1-14(2)11-20-12-16-7-3-4-9-18(16)21-13-15-6-5-8-17(19)10-15/h3-10,14,20H,11-13H2,1-2H3. The van der Waals surface area contributed by atoms with E-state index in [0.29, 0.717) is 12.5 Å². The molecule has 0 aromatic heterocycles. The number of benzene rings is 2. The largest absolute Gasteiger partial charge is 0.489 e. The van der Waals surface area contributed by atoms with Gasteiger partial charge in [-0.3, -0.25) is 0 Å². The molecule has 0 unspecified atom stereocenters. The summed E-state index contributed by atoms with van der Waals surface area (Å²) in [4.78, 5) is 0. The Morgan fingerprint density at radius 2 is 1.90 bits per heavy atom. The highest BCUT2D eigenvalue weighted by molar-refractivity contribution is 9.10. The highest BCUT2D eigenvalue weighted by atomic mass is 79.9. The molecule has 2 rings (SSSR count). The van der Waals surface area contributed by atoms with E-state index < -0.39 is 0 Å². The average Bonchev–Trinajstić information content (AvgIpc) is 2.46. The zero-order chi connectivity index (χ0) is 15.1. The van der Waals surface area contributed by atoms with Crippen molar-refractivity contribution in [2.45, 2.75) is 27.0 Å². The van der Waals surface area contributed by atoms with Crippen molar-refractivity contribution in [2.24, 2.45) is 5.92 Å². The summed E-state index contributed by atoms with van der Waals surface area (Å²) in [6.45, 7) is 6.86. The Hall–Kier alpha value is -1.32. The number of hydrogen-bond donors (Lipinski definition) is 1. The number of ether oxygens (including phenoxy) is 1. The summed E-state index contributed by atoms with van der Waals surface area (Å²) in [5.41, 5.74) is 2.36. The van der Waals surface area contributed by atoms with Crippen molar-refractivity contribution in [1.29, 1.82) is 0 Å². The Bertz CT molecular complexity index is 569. The van der Waals surface area contributed by atoms with E-state index in [1.54, 1.807) is 0 Å². The van der Waals surface area contributed by atoms with Crippen LogP contribution in [-0.2, 0) is 13.2 Å². The lowest BCUT2D eigenvalue weighted by Crippen LogP contribution is -2.19. The van der Waals surface area contributed by atoms with E-state index in [1.807, 2.05) is 24.3 Å². The van der Waals surface area contributed by atoms with Crippen molar-refractivity contribution in [3.8, 4) is 5.75 Å². The second kappa shape index (κ2) is 8.20. The quantitative estimate of drug-likeness (QED) is 0.778. The summed E-state index contributed by atoms with van der Waals surface area (Å²) in [6.07, 6.45) is 0. The molecule has 2 aromatic carbocycles. The Balaban J connectivity index is 1.96. The topological polar surface area (TPSA) is 21.3 Å². The van der Waals surface area contributed by atoms with Gasteiger partial charge in [-0.15, -0.1) is 0 Å². The van der Waals surface area contributed by atoms with Crippen LogP contribution >= 0.6 is 15.9 Å². The van der Waals surface area contributed by atoms with Crippen molar-refractivity contribution < 1.29 is 4.74 Å². The molecule has 0 fully saturated rings. The SMILES string of the molecule is CC(C)CNCc1ccccc1OCc1cccc(Br)c1. The summed E-state index contributed by atoms with van der Waals surface area (Å²) in [6, 6.07) is 16.4. The van der Waals surface area contributed by atoms with Crippen LogP contribution in [0.4, 0.5) is 0 Å². The molecule has 0 aliphatic carbocycles. The van der Waals surface area contributed by atoms with Crippen molar-refractivity contribution in [3.05, 3.63) is 64.1 Å². The second-order valence-corrected chi connectivity index (χ2v) is 6.47. The summed E-state index contributed by atoms with van der Waals surface area (Å²) < 4.78 is 7.05. The number of nitrogens with one attached hydrogen (secondary N) is 1. The van der Waals surface area contributed by atoms with Crippen LogP contribution in [-0.4, -0.2) is 6.54 Å². The van der Waals surface area contributed by atoms with Crippen molar-refractivity contribution in [1.82, 2.24) is 5.32 Å². The van der Waals surface area contributed by atoms with E-state index >= 15 is 0 Å². The highest BCUT2D eigenvalue weighted by Gasteiger charge is 2.04. The lowest BCUT2D eigenvalue weighted by Gasteiger charge is -2.13. The lowest BCUT2D eigenvalue weighted by molar-refractivity contribution is 0.302. The average molecular weight is 348 g/mol. The van der Waals surface area contributed by atoms with Crippen LogP contribution in [0.25, 0.3) is 0 Å². The van der Waals surface area contributed by atoms with Gasteiger partial charge in [0.2, 0.25) is 0 Å². The molecule has 2 aromatic rings. The van der Waals surface area contributed by atoms with Crippen LogP contribution in [0.3, 0.4) is 0 Å². The minimum atomic E-state index is 0.584. The van der Waals surface area contributed by atoms with Gasteiger partial charge in [0.25, 0.3) is 0 Å². The van der Waals surface area contributed by atoms with E-state index in [4.69, 9.17) is 4.74 Å². The first-order chi connectivity index (χ1) is 10.1. The molecular weight excluding hydrogens is 326 g/mol. The van der Waals surface area contributed by atoms with Crippen molar-refractivity contribution >= 4 is 15.9 Å². The second-order valence-electron chi connectivity index (χ2n) is 5.55. The highest BCUT2D eigenvalue weighted by Crippen LogP contribution is 2.20. The van der Waals surface area contributed by atoms with Crippen molar-refractivity contribution in [3.63, 3.8) is 0 Å². The fourth-order valence-corrected chi connectivity index (χ4v) is 2.52. The fourth-order valence-electron chi connectivity index (χ4n) is 2.07. The van der Waals surface area contributed by atoms with Gasteiger partial charge in [-0.1, -0.05) is 60.1 Å². The Labute approximate surface area is 135 Å². The Kier molecular flexibility index (Phi) is 6.27. The smallest absolute Gasteiger partial charge is 0.124 e. The van der Waals surface area contributed by atoms with E-state index in [1.165, 1.54) is 5.56 Å². The first-order valence-electron chi connectivity index (χ1n) is 7.31. The number of para-hydroxylation sites is 1. The van der Waals surface area contributed by atoms with Gasteiger partial charge >= 0.3 is 0 Å². The Morgan fingerprint density at radius 3 is 2.67 bits per heavy atom. The predicted molar refractivity (Wildman–Crippen MR) is 91.5 cm³/mol. The van der Waals surface area contributed by atoms with Gasteiger partial charge in [0.1, 0.15) is 12.4 Å². The fraction of sp³-hybridized carbons (Fsp3) is 0.333. The summed E-state index contributed by atoms with van der Waals surface area (Å²) in [5.74, 6) is 1.61. The van der Waals surface area contributed by atoms with E-state index in [2.05, 4.69) is 59.4 Å². The first-order valence-corrected chi connectivity index (χ1v) is 8.10. The molecule has 0 aliphatic rings. The van der Waals surface area contributed by atoms with Crippen LogP contribution in [0, 0.1) is 5.92 Å². The molecule has 3 heteroatoms. The van der Waals surface area contributed by atoms with Crippen LogP contribution < -0.4 is 10.1 Å².